The van der Waals surface area contributed by atoms with Gasteiger partial charge in [0.2, 0.25) is 0 Å². The molecule has 7 heavy (non-hydrogen) atoms. The molecule has 0 fully saturated rings. The third kappa shape index (κ3) is 23.6. The van der Waals surface area contributed by atoms with Crippen molar-refractivity contribution in [1.29, 1.82) is 0 Å². The van der Waals surface area contributed by atoms with Crippen molar-refractivity contribution in [1.82, 2.24) is 0 Å². The Hall–Kier alpha value is 0.0465. The second-order valence-electron chi connectivity index (χ2n) is 0.865. The Balaban J connectivity index is -0.0000000800. The van der Waals surface area contributed by atoms with Gasteiger partial charge in [0, 0.05) is 0 Å². The van der Waals surface area contributed by atoms with Crippen LogP contribution < -0.4 is 0 Å². The van der Waals surface area contributed by atoms with Gasteiger partial charge in [0.1, 0.15) is 0 Å². The van der Waals surface area contributed by atoms with Crippen LogP contribution in [0, 0.1) is 14.0 Å². The molecule has 0 rings (SSSR count). The summed E-state index contributed by atoms with van der Waals surface area (Å²) in [5.41, 5.74) is 0.630. The second-order valence-corrected chi connectivity index (χ2v) is 0.865. The van der Waals surface area contributed by atoms with Crippen LogP contribution >= 0.6 is 0 Å². The molecule has 0 saturated carbocycles. The molecule has 0 saturated heterocycles. The van der Waals surface area contributed by atoms with Crippen molar-refractivity contribution in [2.24, 2.45) is 0 Å². The summed E-state index contributed by atoms with van der Waals surface area (Å²) in [5.74, 6) is 0. The van der Waals surface area contributed by atoms with Gasteiger partial charge in [0.05, 0.1) is 0 Å². The van der Waals surface area contributed by atoms with Crippen molar-refractivity contribution in [3.63, 3.8) is 0 Å². The van der Waals surface area contributed by atoms with Crippen LogP contribution in [0.25, 0.3) is 5.32 Å². The van der Waals surface area contributed by atoms with Crippen LogP contribution in [0.3, 0.4) is 0 Å². The fourth-order valence-electron chi connectivity index (χ4n) is 0. The summed E-state index contributed by atoms with van der Waals surface area (Å²) in [5, 5.41) is 3.58. The molecule has 2 heteroatoms. The predicted molar refractivity (Wildman–Crippen MR) is 29.2 cm³/mol. The molecular weight excluding hydrogens is 133 g/mol. The zero-order chi connectivity index (χ0) is 4.28. The molecule has 44 valence electrons. The monoisotopic (exact) mass is 143 g/mol. The normalized spacial score (nSPS) is 4.86. The Kier molecular flexibility index (Phi) is 21.1. The molecule has 0 spiro atoms. The first-order chi connectivity index (χ1) is 2.27. The predicted octanol–water partition coefficient (Wildman–Crippen LogP) is 1.77. The van der Waals surface area contributed by atoms with E-state index in [4.69, 9.17) is 6.58 Å². The molecule has 0 aliphatic heterocycles. The zero-order valence-electron chi connectivity index (χ0n) is 4.86. The summed E-state index contributed by atoms with van der Waals surface area (Å²) in [4.78, 5) is 0. The van der Waals surface area contributed by atoms with Crippen LogP contribution in [0.5, 0.6) is 0 Å². The Morgan fingerprint density at radius 1 is 1.57 bits per heavy atom. The van der Waals surface area contributed by atoms with E-state index in [0.717, 1.165) is 0 Å². The van der Waals surface area contributed by atoms with Gasteiger partial charge in [0.25, 0.3) is 0 Å². The number of allylic oxidation sites excluding steroid dienone is 1. The number of hydrogen-bond acceptors (Lipinski definition) is 0. The van der Waals surface area contributed by atoms with Gasteiger partial charge in [-0.05, 0) is 0 Å². The maximum Gasteiger partial charge on any atom is 3.00 e. The van der Waals surface area contributed by atoms with Crippen LogP contribution in [0.2, 0.25) is 0 Å². The molecule has 0 N–H and O–H groups in total. The maximum atomic E-state index is 5.04. The molecule has 0 unspecified atom stereocenters. The topological polar surface area (TPSA) is 14.1 Å². The minimum atomic E-state index is 0. The van der Waals surface area contributed by atoms with E-state index >= 15 is 0 Å². The number of nitrogens with zero attached hydrogens (tertiary/aromatic N) is 1. The molecule has 0 atom stereocenters. The van der Waals surface area contributed by atoms with Crippen LogP contribution in [-0.4, -0.2) is 7.05 Å². The maximum absolute atomic E-state index is 5.04. The Morgan fingerprint density at radius 2 is 1.71 bits per heavy atom. The van der Waals surface area contributed by atoms with Crippen LogP contribution in [0.15, 0.2) is 5.70 Å². The molecule has 0 aromatic carbocycles. The van der Waals surface area contributed by atoms with Gasteiger partial charge in [-0.15, -0.1) is 7.05 Å². The molecule has 0 aliphatic carbocycles. The summed E-state index contributed by atoms with van der Waals surface area (Å²) >= 11 is 0. The van der Waals surface area contributed by atoms with Crippen molar-refractivity contribution in [3.8, 4) is 0 Å². The van der Waals surface area contributed by atoms with E-state index in [1.165, 1.54) is 0 Å². The molecule has 0 aliphatic rings. The molecule has 0 heterocycles. The largest absolute Gasteiger partial charge is 3.00 e. The van der Waals surface area contributed by atoms with Crippen molar-refractivity contribution < 1.29 is 16.8 Å². The Labute approximate surface area is 56.4 Å². The molecule has 0 radical (unpaired) electrons. The van der Waals surface area contributed by atoms with Crippen molar-refractivity contribution >= 4 is 0 Å². The van der Waals surface area contributed by atoms with Gasteiger partial charge in [0.15, 0.2) is 0 Å². The fourth-order valence-corrected chi connectivity index (χ4v) is 0. The van der Waals surface area contributed by atoms with E-state index in [9.17, 15) is 0 Å². The van der Waals surface area contributed by atoms with Crippen LogP contribution in [0.1, 0.15) is 6.92 Å². The molecular formula is C5H10CoN. The molecule has 0 bridgehead atoms. The molecule has 1 nitrogen and oxygen atoms in total. The van der Waals surface area contributed by atoms with E-state index in [1.54, 1.807) is 14.0 Å². The first-order valence-electron chi connectivity index (χ1n) is 1.46. The van der Waals surface area contributed by atoms with Gasteiger partial charge in [-0.25, -0.2) is 0 Å². The van der Waals surface area contributed by atoms with Gasteiger partial charge in [-0.3, -0.25) is 0 Å². The van der Waals surface area contributed by atoms with E-state index in [-0.39, 0.29) is 24.2 Å². The first kappa shape index (κ1) is 15.7. The summed E-state index contributed by atoms with van der Waals surface area (Å²) in [6.07, 6.45) is 0. The molecule has 0 amide bonds. The van der Waals surface area contributed by atoms with Gasteiger partial charge >= 0.3 is 16.8 Å². The van der Waals surface area contributed by atoms with Gasteiger partial charge < -0.3 is 25.0 Å². The molecule has 0 aromatic rings. The number of hydrogen-bond donors (Lipinski definition) is 0. The quantitative estimate of drug-likeness (QED) is 0.496. The number of rotatable bonds is 1. The minimum absolute atomic E-state index is 0. The summed E-state index contributed by atoms with van der Waals surface area (Å²) in [7, 11) is 1.66. The van der Waals surface area contributed by atoms with E-state index < -0.39 is 0 Å². The summed E-state index contributed by atoms with van der Waals surface area (Å²) in [6, 6.07) is 0. The van der Waals surface area contributed by atoms with E-state index in [2.05, 4.69) is 5.32 Å². The van der Waals surface area contributed by atoms with Crippen molar-refractivity contribution in [2.75, 3.05) is 7.05 Å². The van der Waals surface area contributed by atoms with E-state index in [1.807, 2.05) is 0 Å². The third-order valence-electron chi connectivity index (χ3n) is 0.353. The van der Waals surface area contributed by atoms with E-state index in [0.29, 0.717) is 5.70 Å². The van der Waals surface area contributed by atoms with Crippen LogP contribution in [0.4, 0.5) is 0 Å². The van der Waals surface area contributed by atoms with Crippen molar-refractivity contribution in [2.45, 2.75) is 6.92 Å². The van der Waals surface area contributed by atoms with Crippen LogP contribution in [-0.2, 0) is 16.8 Å². The minimum Gasteiger partial charge on any atom is -0.721 e. The zero-order valence-corrected chi connectivity index (χ0v) is 5.90. The standard InChI is InChI=1S/C4H7N.CH3.Co/c1-4(2)5-3;;/h1H,2-3H3;1H3;/q-2;-1;+3. The smallest absolute Gasteiger partial charge is 0.721 e. The first-order valence-corrected chi connectivity index (χ1v) is 1.46. The average molecular weight is 143 g/mol. The van der Waals surface area contributed by atoms with Crippen molar-refractivity contribution in [3.05, 3.63) is 25.0 Å². The fraction of sp³-hybridized carbons (Fsp3) is 0.400. The average Bonchev–Trinajstić information content (AvgIpc) is 1.38. The Bertz CT molecular complexity index is 43.3. The Morgan fingerprint density at radius 3 is 1.71 bits per heavy atom. The second kappa shape index (κ2) is 9.40. The molecule has 0 aromatic heterocycles. The van der Waals surface area contributed by atoms with Gasteiger partial charge in [-0.2, -0.15) is 0 Å². The van der Waals surface area contributed by atoms with Gasteiger partial charge in [-0.1, -0.05) is 6.92 Å². The summed E-state index contributed by atoms with van der Waals surface area (Å²) in [6.45, 7) is 6.79. The SMILES string of the molecule is [CH-]=C(C)[N-]C.[CH3-].[Co+3]. The summed E-state index contributed by atoms with van der Waals surface area (Å²) < 4.78 is 0. The third-order valence-corrected chi connectivity index (χ3v) is 0.353.